The minimum absolute atomic E-state index is 0.277. The maximum Gasteiger partial charge on any atom is 0.146 e. The summed E-state index contributed by atoms with van der Waals surface area (Å²) in [6, 6.07) is 11.8. The third-order valence-corrected chi connectivity index (χ3v) is 2.72. The van der Waals surface area contributed by atoms with Crippen LogP contribution in [0.4, 0.5) is 10.1 Å². The first-order chi connectivity index (χ1) is 8.15. The van der Waals surface area contributed by atoms with E-state index in [9.17, 15) is 4.39 Å². The third-order valence-electron chi connectivity index (χ3n) is 2.28. The molecule has 0 amide bonds. The van der Waals surface area contributed by atoms with Gasteiger partial charge in [0.25, 0.3) is 0 Å². The molecule has 0 aliphatic heterocycles. The van der Waals surface area contributed by atoms with Crippen molar-refractivity contribution in [1.29, 1.82) is 0 Å². The molecule has 0 radical (unpaired) electrons. The summed E-state index contributed by atoms with van der Waals surface area (Å²) in [4.78, 5) is 0. The van der Waals surface area contributed by atoms with Gasteiger partial charge in [0.2, 0.25) is 0 Å². The zero-order chi connectivity index (χ0) is 12.3. The van der Waals surface area contributed by atoms with Crippen molar-refractivity contribution in [3.8, 4) is 0 Å². The van der Waals surface area contributed by atoms with Gasteiger partial charge in [0.05, 0.1) is 5.69 Å². The molecule has 0 aliphatic carbocycles. The summed E-state index contributed by atoms with van der Waals surface area (Å²) in [5.41, 5.74) is 1.37. The molecule has 0 unspecified atom stereocenters. The standard InChI is InChI=1S/C13H10Cl2FN/c14-10-5-9(6-11(15)7-10)8-17-13-4-2-1-3-12(13)16/h1-7,17H,8H2. The van der Waals surface area contributed by atoms with Gasteiger partial charge in [-0.15, -0.1) is 0 Å². The van der Waals surface area contributed by atoms with Crippen LogP contribution in [-0.4, -0.2) is 0 Å². The highest BCUT2D eigenvalue weighted by molar-refractivity contribution is 6.34. The minimum atomic E-state index is -0.277. The minimum Gasteiger partial charge on any atom is -0.379 e. The second kappa shape index (κ2) is 5.39. The van der Waals surface area contributed by atoms with Gasteiger partial charge >= 0.3 is 0 Å². The fraction of sp³-hybridized carbons (Fsp3) is 0.0769. The monoisotopic (exact) mass is 269 g/mol. The smallest absolute Gasteiger partial charge is 0.146 e. The molecule has 88 valence electrons. The van der Waals surface area contributed by atoms with Gasteiger partial charge < -0.3 is 5.32 Å². The molecule has 17 heavy (non-hydrogen) atoms. The topological polar surface area (TPSA) is 12.0 Å². The first-order valence-corrected chi connectivity index (χ1v) is 5.84. The number of nitrogens with one attached hydrogen (secondary N) is 1. The molecule has 2 rings (SSSR count). The van der Waals surface area contributed by atoms with Crippen LogP contribution >= 0.6 is 23.2 Å². The molecule has 0 spiro atoms. The van der Waals surface area contributed by atoms with Gasteiger partial charge in [0.1, 0.15) is 5.82 Å². The van der Waals surface area contributed by atoms with E-state index in [1.807, 2.05) is 0 Å². The summed E-state index contributed by atoms with van der Waals surface area (Å²) in [5, 5.41) is 4.14. The Hall–Kier alpha value is -1.25. The van der Waals surface area contributed by atoms with E-state index in [0.717, 1.165) is 5.56 Å². The Morgan fingerprint density at radius 3 is 2.29 bits per heavy atom. The molecule has 0 heterocycles. The number of halogens is 3. The quantitative estimate of drug-likeness (QED) is 0.849. The van der Waals surface area contributed by atoms with Crippen LogP contribution in [0.3, 0.4) is 0 Å². The number of benzene rings is 2. The Morgan fingerprint density at radius 2 is 1.65 bits per heavy atom. The normalized spacial score (nSPS) is 10.3. The number of rotatable bonds is 3. The highest BCUT2D eigenvalue weighted by atomic mass is 35.5. The van der Waals surface area contributed by atoms with Gasteiger partial charge in [0, 0.05) is 16.6 Å². The Morgan fingerprint density at radius 1 is 1.00 bits per heavy atom. The van der Waals surface area contributed by atoms with Gasteiger partial charge in [-0.1, -0.05) is 35.3 Å². The van der Waals surface area contributed by atoms with E-state index < -0.39 is 0 Å². The van der Waals surface area contributed by atoms with E-state index in [0.29, 0.717) is 22.3 Å². The predicted molar refractivity (Wildman–Crippen MR) is 70.2 cm³/mol. The van der Waals surface area contributed by atoms with Crippen molar-refractivity contribution in [2.24, 2.45) is 0 Å². The molecule has 2 aromatic carbocycles. The Kier molecular flexibility index (Phi) is 3.87. The lowest BCUT2D eigenvalue weighted by atomic mass is 10.2. The third kappa shape index (κ3) is 3.35. The van der Waals surface area contributed by atoms with Gasteiger partial charge in [-0.05, 0) is 35.9 Å². The molecule has 4 heteroatoms. The second-order valence-electron chi connectivity index (χ2n) is 3.61. The maximum atomic E-state index is 13.3. The van der Waals surface area contributed by atoms with Crippen LogP contribution in [0, 0.1) is 5.82 Å². The molecule has 0 atom stereocenters. The predicted octanol–water partition coefficient (Wildman–Crippen LogP) is 4.74. The molecule has 2 aromatic rings. The van der Waals surface area contributed by atoms with Crippen molar-refractivity contribution in [2.45, 2.75) is 6.54 Å². The first-order valence-electron chi connectivity index (χ1n) is 5.08. The van der Waals surface area contributed by atoms with Crippen LogP contribution in [0.5, 0.6) is 0 Å². The molecule has 0 aromatic heterocycles. The van der Waals surface area contributed by atoms with Gasteiger partial charge in [0.15, 0.2) is 0 Å². The zero-order valence-electron chi connectivity index (χ0n) is 8.88. The van der Waals surface area contributed by atoms with Crippen molar-refractivity contribution in [1.82, 2.24) is 0 Å². The molecule has 1 N–H and O–H groups in total. The number of para-hydroxylation sites is 1. The summed E-state index contributed by atoms with van der Waals surface area (Å²) in [7, 11) is 0. The van der Waals surface area contributed by atoms with Crippen LogP contribution in [0.15, 0.2) is 42.5 Å². The lowest BCUT2D eigenvalue weighted by Crippen LogP contribution is -2.01. The summed E-state index contributed by atoms with van der Waals surface area (Å²) in [6.45, 7) is 0.473. The summed E-state index contributed by atoms with van der Waals surface area (Å²) in [5.74, 6) is -0.277. The van der Waals surface area contributed by atoms with Crippen molar-refractivity contribution in [3.63, 3.8) is 0 Å². The van der Waals surface area contributed by atoms with Crippen LogP contribution in [0.2, 0.25) is 10.0 Å². The first kappa shape index (κ1) is 12.2. The SMILES string of the molecule is Fc1ccccc1NCc1cc(Cl)cc(Cl)c1. The lowest BCUT2D eigenvalue weighted by Gasteiger charge is -2.08. The van der Waals surface area contributed by atoms with E-state index in [4.69, 9.17) is 23.2 Å². The molecule has 1 nitrogen and oxygen atoms in total. The van der Waals surface area contributed by atoms with Crippen LogP contribution in [0.1, 0.15) is 5.56 Å². The largest absolute Gasteiger partial charge is 0.379 e. The lowest BCUT2D eigenvalue weighted by molar-refractivity contribution is 0.630. The number of hydrogen-bond acceptors (Lipinski definition) is 1. The summed E-state index contributed by atoms with van der Waals surface area (Å²) >= 11 is 11.8. The van der Waals surface area contributed by atoms with Gasteiger partial charge in [-0.3, -0.25) is 0 Å². The van der Waals surface area contributed by atoms with Crippen molar-refractivity contribution in [2.75, 3.05) is 5.32 Å². The van der Waals surface area contributed by atoms with E-state index >= 15 is 0 Å². The fourth-order valence-electron chi connectivity index (χ4n) is 1.51. The van der Waals surface area contributed by atoms with Crippen LogP contribution < -0.4 is 5.32 Å². The Balaban J connectivity index is 2.10. The Labute approximate surface area is 109 Å². The zero-order valence-corrected chi connectivity index (χ0v) is 10.4. The molecule has 0 fully saturated rings. The Bertz CT molecular complexity index is 508. The highest BCUT2D eigenvalue weighted by Gasteiger charge is 2.01. The van der Waals surface area contributed by atoms with Gasteiger partial charge in [-0.25, -0.2) is 4.39 Å². The van der Waals surface area contributed by atoms with Crippen molar-refractivity contribution >= 4 is 28.9 Å². The van der Waals surface area contributed by atoms with Crippen molar-refractivity contribution < 1.29 is 4.39 Å². The van der Waals surface area contributed by atoms with Crippen LogP contribution in [0.25, 0.3) is 0 Å². The second-order valence-corrected chi connectivity index (χ2v) is 4.48. The van der Waals surface area contributed by atoms with E-state index in [-0.39, 0.29) is 5.82 Å². The molecular weight excluding hydrogens is 260 g/mol. The molecule has 0 saturated heterocycles. The van der Waals surface area contributed by atoms with E-state index in [2.05, 4.69) is 5.32 Å². The van der Waals surface area contributed by atoms with Crippen LogP contribution in [-0.2, 0) is 6.54 Å². The number of anilines is 1. The maximum absolute atomic E-state index is 13.3. The van der Waals surface area contributed by atoms with E-state index in [1.54, 1.807) is 36.4 Å². The van der Waals surface area contributed by atoms with E-state index in [1.165, 1.54) is 6.07 Å². The van der Waals surface area contributed by atoms with Gasteiger partial charge in [-0.2, -0.15) is 0 Å². The average molecular weight is 270 g/mol. The average Bonchev–Trinajstić information content (AvgIpc) is 2.27. The highest BCUT2D eigenvalue weighted by Crippen LogP contribution is 2.20. The fourth-order valence-corrected chi connectivity index (χ4v) is 2.09. The molecule has 0 saturated carbocycles. The summed E-state index contributed by atoms with van der Waals surface area (Å²) in [6.07, 6.45) is 0. The van der Waals surface area contributed by atoms with Crippen molar-refractivity contribution in [3.05, 3.63) is 63.9 Å². The molecule has 0 aliphatic rings. The molecule has 0 bridgehead atoms. The number of hydrogen-bond donors (Lipinski definition) is 1. The summed E-state index contributed by atoms with van der Waals surface area (Å²) < 4.78 is 13.3. The molecular formula is C13H10Cl2FN.